The number of rotatable bonds is 7. The Kier molecular flexibility index (Phi) is 7.11. The molecule has 5 heteroatoms. The van der Waals surface area contributed by atoms with Gasteiger partial charge >= 0.3 is 0 Å². The zero-order valence-electron chi connectivity index (χ0n) is 12.3. The Balaban J connectivity index is 2.52. The first-order chi connectivity index (χ1) is 8.62. The number of hydrogen-bond donors (Lipinski definition) is 1. The number of nitrogens with two attached hydrogens (primary N) is 1. The van der Waals surface area contributed by atoms with Crippen LogP contribution in [0.4, 0.5) is 0 Å². The van der Waals surface area contributed by atoms with Gasteiger partial charge in [-0.05, 0) is 33.5 Å². The lowest BCUT2D eigenvalue weighted by Gasteiger charge is -2.40. The Bertz CT molecular complexity index is 224. The number of hydrogen-bond acceptors (Lipinski definition) is 5. The molecule has 0 aromatic heterocycles. The van der Waals surface area contributed by atoms with Gasteiger partial charge in [-0.25, -0.2) is 0 Å². The number of piperidine rings is 1. The fourth-order valence-corrected chi connectivity index (χ4v) is 2.71. The molecule has 0 aromatic carbocycles. The highest BCUT2D eigenvalue weighted by Gasteiger charge is 2.27. The summed E-state index contributed by atoms with van der Waals surface area (Å²) in [6.07, 6.45) is 3.17. The molecule has 108 valence electrons. The lowest BCUT2D eigenvalue weighted by molar-refractivity contribution is -0.118. The molecule has 0 aromatic rings. The molecular weight excluding hydrogens is 230 g/mol. The number of nitrogens with zero attached hydrogens (tertiary/aromatic N) is 2. The summed E-state index contributed by atoms with van der Waals surface area (Å²) in [6.45, 7) is 2.97. The molecule has 1 aliphatic rings. The van der Waals surface area contributed by atoms with Crippen molar-refractivity contribution in [2.24, 2.45) is 5.73 Å². The van der Waals surface area contributed by atoms with Gasteiger partial charge in [0.05, 0.1) is 0 Å². The molecule has 18 heavy (non-hydrogen) atoms. The SMILES string of the molecule is COC(CC(CN)N(C)C1CCCN(C)C1)OC. The molecule has 0 bridgehead atoms. The minimum Gasteiger partial charge on any atom is -0.356 e. The molecule has 1 saturated heterocycles. The average Bonchev–Trinajstić information content (AvgIpc) is 2.39. The molecule has 0 aliphatic carbocycles. The third kappa shape index (κ3) is 4.48. The van der Waals surface area contributed by atoms with Crippen molar-refractivity contribution in [3.63, 3.8) is 0 Å². The maximum Gasteiger partial charge on any atom is 0.158 e. The molecule has 0 spiro atoms. The van der Waals surface area contributed by atoms with Crippen molar-refractivity contribution in [3.8, 4) is 0 Å². The molecule has 1 rings (SSSR count). The van der Waals surface area contributed by atoms with Crippen LogP contribution < -0.4 is 5.73 Å². The van der Waals surface area contributed by atoms with Crippen LogP contribution in [0, 0.1) is 0 Å². The Hall–Kier alpha value is -0.200. The fraction of sp³-hybridized carbons (Fsp3) is 1.00. The highest BCUT2D eigenvalue weighted by Crippen LogP contribution is 2.18. The normalized spacial score (nSPS) is 23.8. The van der Waals surface area contributed by atoms with Gasteiger partial charge in [0, 0.05) is 45.8 Å². The summed E-state index contributed by atoms with van der Waals surface area (Å²) < 4.78 is 10.6. The minimum absolute atomic E-state index is 0.165. The summed E-state index contributed by atoms with van der Waals surface area (Å²) in [4.78, 5) is 4.79. The van der Waals surface area contributed by atoms with E-state index >= 15 is 0 Å². The molecule has 2 unspecified atom stereocenters. The lowest BCUT2D eigenvalue weighted by Crippen LogP contribution is -2.52. The summed E-state index contributed by atoms with van der Waals surface area (Å²) in [6, 6.07) is 0.901. The molecular formula is C13H29N3O2. The predicted molar refractivity (Wildman–Crippen MR) is 73.5 cm³/mol. The average molecular weight is 259 g/mol. The van der Waals surface area contributed by atoms with E-state index in [1.165, 1.54) is 19.4 Å². The van der Waals surface area contributed by atoms with E-state index in [4.69, 9.17) is 15.2 Å². The van der Waals surface area contributed by atoms with E-state index < -0.39 is 0 Å². The third-order valence-electron chi connectivity index (χ3n) is 4.01. The van der Waals surface area contributed by atoms with Gasteiger partial charge in [-0.15, -0.1) is 0 Å². The smallest absolute Gasteiger partial charge is 0.158 e. The fourth-order valence-electron chi connectivity index (χ4n) is 2.71. The molecule has 2 atom stereocenters. The first-order valence-electron chi connectivity index (χ1n) is 6.78. The van der Waals surface area contributed by atoms with Gasteiger partial charge in [0.2, 0.25) is 0 Å². The van der Waals surface area contributed by atoms with Crippen molar-refractivity contribution in [2.45, 2.75) is 37.6 Å². The van der Waals surface area contributed by atoms with Crippen molar-refractivity contribution < 1.29 is 9.47 Å². The van der Waals surface area contributed by atoms with Gasteiger partial charge in [0.1, 0.15) is 0 Å². The lowest BCUT2D eigenvalue weighted by atomic mass is 10.0. The minimum atomic E-state index is -0.165. The summed E-state index contributed by atoms with van der Waals surface area (Å²) in [5.74, 6) is 0. The van der Waals surface area contributed by atoms with Crippen molar-refractivity contribution in [3.05, 3.63) is 0 Å². The van der Waals surface area contributed by atoms with Crippen LogP contribution in [0.3, 0.4) is 0 Å². The van der Waals surface area contributed by atoms with E-state index in [1.54, 1.807) is 14.2 Å². The topological polar surface area (TPSA) is 51.0 Å². The largest absolute Gasteiger partial charge is 0.356 e. The Morgan fingerprint density at radius 1 is 1.39 bits per heavy atom. The standard InChI is InChI=1S/C13H29N3O2/c1-15-7-5-6-11(10-15)16(2)12(9-14)8-13(17-3)18-4/h11-13H,5-10,14H2,1-4H3. The monoisotopic (exact) mass is 259 g/mol. The van der Waals surface area contributed by atoms with E-state index in [1.807, 2.05) is 0 Å². The second-order valence-corrected chi connectivity index (χ2v) is 5.25. The zero-order valence-corrected chi connectivity index (χ0v) is 12.3. The highest BCUT2D eigenvalue weighted by molar-refractivity contribution is 4.83. The van der Waals surface area contributed by atoms with Gasteiger partial charge in [0.25, 0.3) is 0 Å². The second-order valence-electron chi connectivity index (χ2n) is 5.25. The molecule has 0 amide bonds. The number of ether oxygens (including phenoxy) is 2. The van der Waals surface area contributed by atoms with Crippen molar-refractivity contribution in [2.75, 3.05) is 47.9 Å². The van der Waals surface area contributed by atoms with E-state index in [0.29, 0.717) is 18.6 Å². The molecule has 1 fully saturated rings. The van der Waals surface area contributed by atoms with E-state index in [9.17, 15) is 0 Å². The van der Waals surface area contributed by atoms with Crippen LogP contribution in [0.15, 0.2) is 0 Å². The molecule has 2 N–H and O–H groups in total. The predicted octanol–water partition coefficient (Wildman–Crippen LogP) is 0.349. The quantitative estimate of drug-likeness (QED) is 0.669. The van der Waals surface area contributed by atoms with Crippen molar-refractivity contribution >= 4 is 0 Å². The molecule has 1 heterocycles. The van der Waals surface area contributed by atoms with E-state index in [2.05, 4.69) is 23.9 Å². The second kappa shape index (κ2) is 8.07. The summed E-state index contributed by atoms with van der Waals surface area (Å²) in [5.41, 5.74) is 5.91. The van der Waals surface area contributed by atoms with Gasteiger partial charge in [0.15, 0.2) is 6.29 Å². The third-order valence-corrected chi connectivity index (χ3v) is 4.01. The molecule has 5 nitrogen and oxygen atoms in total. The molecule has 1 aliphatic heterocycles. The first kappa shape index (κ1) is 15.9. The van der Waals surface area contributed by atoms with Crippen molar-refractivity contribution in [1.82, 2.24) is 9.80 Å². The van der Waals surface area contributed by atoms with Crippen LogP contribution in [0.2, 0.25) is 0 Å². The highest BCUT2D eigenvalue weighted by atomic mass is 16.7. The summed E-state index contributed by atoms with van der Waals surface area (Å²) in [5, 5.41) is 0. The van der Waals surface area contributed by atoms with Crippen LogP contribution in [-0.4, -0.2) is 76.1 Å². The number of likely N-dealkylation sites (N-methyl/N-ethyl adjacent to an activating group) is 2. The maximum absolute atomic E-state index is 5.91. The summed E-state index contributed by atoms with van der Waals surface area (Å²) in [7, 11) is 7.71. The van der Waals surface area contributed by atoms with Crippen LogP contribution in [0.1, 0.15) is 19.3 Å². The van der Waals surface area contributed by atoms with Gasteiger partial charge < -0.3 is 20.1 Å². The molecule has 0 radical (unpaired) electrons. The van der Waals surface area contributed by atoms with Gasteiger partial charge in [-0.1, -0.05) is 0 Å². The van der Waals surface area contributed by atoms with Gasteiger partial charge in [-0.3, -0.25) is 4.90 Å². The van der Waals surface area contributed by atoms with Crippen LogP contribution in [-0.2, 0) is 9.47 Å². The molecule has 0 saturated carbocycles. The van der Waals surface area contributed by atoms with Crippen LogP contribution in [0.25, 0.3) is 0 Å². The Morgan fingerprint density at radius 2 is 2.06 bits per heavy atom. The van der Waals surface area contributed by atoms with Crippen LogP contribution >= 0.6 is 0 Å². The Morgan fingerprint density at radius 3 is 2.56 bits per heavy atom. The zero-order chi connectivity index (χ0) is 13.5. The number of methoxy groups -OCH3 is 2. The van der Waals surface area contributed by atoms with Gasteiger partial charge in [-0.2, -0.15) is 0 Å². The first-order valence-corrected chi connectivity index (χ1v) is 6.78. The summed E-state index contributed by atoms with van der Waals surface area (Å²) >= 11 is 0. The maximum atomic E-state index is 5.91. The van der Waals surface area contributed by atoms with E-state index in [-0.39, 0.29) is 6.29 Å². The Labute approximate surface area is 111 Å². The van der Waals surface area contributed by atoms with Crippen molar-refractivity contribution in [1.29, 1.82) is 0 Å². The van der Waals surface area contributed by atoms with Crippen LogP contribution in [0.5, 0.6) is 0 Å². The van der Waals surface area contributed by atoms with E-state index in [0.717, 1.165) is 13.0 Å². The number of likely N-dealkylation sites (tertiary alicyclic amines) is 1.